The highest BCUT2D eigenvalue weighted by Crippen LogP contribution is 2.38. The van der Waals surface area contributed by atoms with Crippen LogP contribution >= 0.6 is 11.3 Å². The molecule has 0 atom stereocenters. The van der Waals surface area contributed by atoms with Crippen molar-refractivity contribution in [3.8, 4) is 0 Å². The van der Waals surface area contributed by atoms with Gasteiger partial charge in [-0.1, -0.05) is 6.07 Å². The van der Waals surface area contributed by atoms with Gasteiger partial charge in [-0.2, -0.15) is 0 Å². The number of hydrogen-bond acceptors (Lipinski definition) is 5. The molecule has 3 rings (SSSR count). The Balaban J connectivity index is 1.74. The smallest absolute Gasteiger partial charge is 0.136 e. The van der Waals surface area contributed by atoms with E-state index in [0.29, 0.717) is 5.92 Å². The SMILES string of the molecule is CCNc1cc(NCc2cccs2)nc(C2CC2)n1. The molecule has 100 valence electrons. The molecule has 1 aliphatic rings. The molecule has 2 aromatic heterocycles. The van der Waals surface area contributed by atoms with Crippen LogP contribution in [-0.4, -0.2) is 16.5 Å². The van der Waals surface area contributed by atoms with Crippen molar-refractivity contribution in [2.75, 3.05) is 17.2 Å². The van der Waals surface area contributed by atoms with Gasteiger partial charge < -0.3 is 10.6 Å². The Bertz CT molecular complexity index is 534. The molecule has 0 amide bonds. The summed E-state index contributed by atoms with van der Waals surface area (Å²) in [5, 5.41) is 8.76. The van der Waals surface area contributed by atoms with Gasteiger partial charge in [0.05, 0.1) is 6.54 Å². The lowest BCUT2D eigenvalue weighted by atomic mass is 10.3. The van der Waals surface area contributed by atoms with Crippen molar-refractivity contribution in [1.82, 2.24) is 9.97 Å². The van der Waals surface area contributed by atoms with E-state index in [1.807, 2.05) is 6.07 Å². The third kappa shape index (κ3) is 3.23. The third-order valence-corrected chi connectivity index (χ3v) is 3.94. The molecule has 0 unspecified atom stereocenters. The van der Waals surface area contributed by atoms with Crippen molar-refractivity contribution in [3.63, 3.8) is 0 Å². The second-order valence-corrected chi connectivity index (χ2v) is 5.77. The third-order valence-electron chi connectivity index (χ3n) is 3.07. The molecule has 1 fully saturated rings. The van der Waals surface area contributed by atoms with Gasteiger partial charge in [0, 0.05) is 23.4 Å². The first-order valence-electron chi connectivity index (χ1n) is 6.74. The first kappa shape index (κ1) is 12.4. The molecule has 0 saturated heterocycles. The number of aromatic nitrogens is 2. The molecule has 2 aromatic rings. The van der Waals surface area contributed by atoms with Crippen LogP contribution < -0.4 is 10.6 Å². The van der Waals surface area contributed by atoms with Crippen LogP contribution in [0.5, 0.6) is 0 Å². The van der Waals surface area contributed by atoms with Crippen molar-refractivity contribution in [2.24, 2.45) is 0 Å². The van der Waals surface area contributed by atoms with Gasteiger partial charge in [0.25, 0.3) is 0 Å². The molecule has 2 heterocycles. The zero-order chi connectivity index (χ0) is 13.1. The molecule has 0 spiro atoms. The molecule has 0 aliphatic heterocycles. The largest absolute Gasteiger partial charge is 0.370 e. The average Bonchev–Trinajstić information content (AvgIpc) is 3.14. The number of rotatable bonds is 6. The van der Waals surface area contributed by atoms with Crippen LogP contribution in [0, 0.1) is 0 Å². The zero-order valence-corrected chi connectivity index (χ0v) is 11.8. The highest BCUT2D eigenvalue weighted by molar-refractivity contribution is 7.09. The van der Waals surface area contributed by atoms with E-state index in [2.05, 4.69) is 45.0 Å². The summed E-state index contributed by atoms with van der Waals surface area (Å²) < 4.78 is 0. The van der Waals surface area contributed by atoms with Crippen molar-refractivity contribution >= 4 is 23.0 Å². The Morgan fingerprint density at radius 2 is 2.05 bits per heavy atom. The molecule has 0 radical (unpaired) electrons. The normalized spacial score (nSPS) is 14.4. The van der Waals surface area contributed by atoms with Crippen molar-refractivity contribution in [1.29, 1.82) is 0 Å². The van der Waals surface area contributed by atoms with Crippen molar-refractivity contribution in [2.45, 2.75) is 32.2 Å². The van der Waals surface area contributed by atoms with Crippen LogP contribution in [-0.2, 0) is 6.54 Å². The predicted molar refractivity (Wildman–Crippen MR) is 79.8 cm³/mol. The molecular weight excluding hydrogens is 256 g/mol. The fourth-order valence-corrected chi connectivity index (χ4v) is 2.59. The van der Waals surface area contributed by atoms with E-state index in [-0.39, 0.29) is 0 Å². The summed E-state index contributed by atoms with van der Waals surface area (Å²) >= 11 is 1.76. The minimum Gasteiger partial charge on any atom is -0.370 e. The minimum absolute atomic E-state index is 0.570. The zero-order valence-electron chi connectivity index (χ0n) is 11.0. The van der Waals surface area contributed by atoms with Gasteiger partial charge in [-0.25, -0.2) is 9.97 Å². The fourth-order valence-electron chi connectivity index (χ4n) is 1.94. The van der Waals surface area contributed by atoms with E-state index < -0.39 is 0 Å². The van der Waals surface area contributed by atoms with Crippen molar-refractivity contribution in [3.05, 3.63) is 34.3 Å². The van der Waals surface area contributed by atoms with Gasteiger partial charge in [-0.3, -0.25) is 0 Å². The van der Waals surface area contributed by atoms with Gasteiger partial charge in [-0.15, -0.1) is 11.3 Å². The standard InChI is InChI=1S/C14H18N4S/c1-2-15-12-8-13(16-9-11-4-3-7-19-11)18-14(17-12)10-5-6-10/h3-4,7-8,10H,2,5-6,9H2,1H3,(H2,15,16,17,18). The van der Waals surface area contributed by atoms with E-state index in [4.69, 9.17) is 0 Å². The molecule has 1 saturated carbocycles. The van der Waals surface area contributed by atoms with Crippen LogP contribution in [0.1, 0.15) is 36.4 Å². The van der Waals surface area contributed by atoms with E-state index in [0.717, 1.165) is 30.5 Å². The lowest BCUT2D eigenvalue weighted by Crippen LogP contribution is -2.07. The topological polar surface area (TPSA) is 49.8 Å². The molecule has 4 nitrogen and oxygen atoms in total. The predicted octanol–water partition coefficient (Wildman–Crippen LogP) is 3.46. The summed E-state index contributed by atoms with van der Waals surface area (Å²) in [5.41, 5.74) is 0. The van der Waals surface area contributed by atoms with Crippen LogP contribution in [0.4, 0.5) is 11.6 Å². The summed E-state index contributed by atoms with van der Waals surface area (Å²) in [5.74, 6) is 3.39. The lowest BCUT2D eigenvalue weighted by molar-refractivity contribution is 0.919. The molecule has 0 aromatic carbocycles. The fraction of sp³-hybridized carbons (Fsp3) is 0.429. The summed E-state index contributed by atoms with van der Waals surface area (Å²) in [4.78, 5) is 10.5. The van der Waals surface area contributed by atoms with Crippen LogP contribution in [0.15, 0.2) is 23.6 Å². The van der Waals surface area contributed by atoms with Crippen LogP contribution in [0.25, 0.3) is 0 Å². The Hall–Kier alpha value is -1.62. The van der Waals surface area contributed by atoms with Crippen LogP contribution in [0.2, 0.25) is 0 Å². The van der Waals surface area contributed by atoms with Gasteiger partial charge in [0.15, 0.2) is 0 Å². The second-order valence-electron chi connectivity index (χ2n) is 4.73. The first-order valence-corrected chi connectivity index (χ1v) is 7.62. The van der Waals surface area contributed by atoms with Gasteiger partial charge >= 0.3 is 0 Å². The Labute approximate surface area is 117 Å². The highest BCUT2D eigenvalue weighted by Gasteiger charge is 2.27. The summed E-state index contributed by atoms with van der Waals surface area (Å²) in [7, 11) is 0. The minimum atomic E-state index is 0.570. The molecule has 0 bridgehead atoms. The maximum Gasteiger partial charge on any atom is 0.136 e. The summed E-state index contributed by atoms with van der Waals surface area (Å²) in [6.07, 6.45) is 2.44. The number of hydrogen-bond donors (Lipinski definition) is 2. The molecule has 2 N–H and O–H groups in total. The number of thiophene rings is 1. The maximum atomic E-state index is 4.62. The van der Waals surface area contributed by atoms with Crippen LogP contribution in [0.3, 0.4) is 0 Å². The number of nitrogens with zero attached hydrogens (tertiary/aromatic N) is 2. The quantitative estimate of drug-likeness (QED) is 0.847. The monoisotopic (exact) mass is 274 g/mol. The highest BCUT2D eigenvalue weighted by atomic mass is 32.1. The Morgan fingerprint density at radius 3 is 2.68 bits per heavy atom. The molecule has 5 heteroatoms. The van der Waals surface area contributed by atoms with Gasteiger partial charge in [0.1, 0.15) is 17.5 Å². The Morgan fingerprint density at radius 1 is 1.26 bits per heavy atom. The lowest BCUT2D eigenvalue weighted by Gasteiger charge is -2.09. The van der Waals surface area contributed by atoms with E-state index in [1.54, 1.807) is 11.3 Å². The first-order chi connectivity index (χ1) is 9.35. The average molecular weight is 274 g/mol. The van der Waals surface area contributed by atoms with Gasteiger partial charge in [0.2, 0.25) is 0 Å². The van der Waals surface area contributed by atoms with Crippen molar-refractivity contribution < 1.29 is 0 Å². The van der Waals surface area contributed by atoms with E-state index in [1.165, 1.54) is 17.7 Å². The molecule has 1 aliphatic carbocycles. The number of anilines is 2. The summed E-state index contributed by atoms with van der Waals surface area (Å²) in [6, 6.07) is 6.19. The maximum absolute atomic E-state index is 4.62. The summed E-state index contributed by atoms with van der Waals surface area (Å²) in [6.45, 7) is 3.79. The van der Waals surface area contributed by atoms with Gasteiger partial charge in [-0.05, 0) is 31.2 Å². The van der Waals surface area contributed by atoms with E-state index in [9.17, 15) is 0 Å². The number of nitrogens with one attached hydrogen (secondary N) is 2. The second kappa shape index (κ2) is 5.57. The van der Waals surface area contributed by atoms with E-state index >= 15 is 0 Å². The molecule has 19 heavy (non-hydrogen) atoms. The Kier molecular flexibility index (Phi) is 3.64. The molecular formula is C14H18N4S.